The van der Waals surface area contributed by atoms with Gasteiger partial charge in [-0.25, -0.2) is 0 Å². The molecule has 1 aliphatic rings. The maximum Gasteiger partial charge on any atom is 0.0449 e. The summed E-state index contributed by atoms with van der Waals surface area (Å²) in [4.78, 5) is 2.54. The van der Waals surface area contributed by atoms with E-state index >= 15 is 0 Å². The van der Waals surface area contributed by atoms with E-state index in [2.05, 4.69) is 64.2 Å². The molecule has 0 saturated carbocycles. The first-order valence-corrected chi connectivity index (χ1v) is 7.00. The van der Waals surface area contributed by atoms with Crippen LogP contribution in [0.15, 0.2) is 40.9 Å². The molecule has 2 aromatic carbocycles. The highest BCUT2D eigenvalue weighted by Crippen LogP contribution is 2.35. The van der Waals surface area contributed by atoms with E-state index < -0.39 is 0 Å². The van der Waals surface area contributed by atoms with Crippen LogP contribution < -0.4 is 4.90 Å². The molecule has 0 aromatic heterocycles. The molecule has 0 N–H and O–H groups in total. The van der Waals surface area contributed by atoms with Crippen molar-refractivity contribution in [2.75, 3.05) is 11.4 Å². The van der Waals surface area contributed by atoms with E-state index in [1.165, 1.54) is 40.3 Å². The third-order valence-electron chi connectivity index (χ3n) is 3.71. The van der Waals surface area contributed by atoms with Crippen molar-refractivity contribution in [2.45, 2.75) is 25.8 Å². The predicted molar refractivity (Wildman–Crippen MR) is 77.7 cm³/mol. The van der Waals surface area contributed by atoms with Crippen molar-refractivity contribution in [3.8, 4) is 0 Å². The number of benzene rings is 2. The number of rotatable bonds is 1. The lowest BCUT2D eigenvalue weighted by Gasteiger charge is -2.25. The first kappa shape index (κ1) is 11.1. The maximum absolute atomic E-state index is 3.64. The largest absolute Gasteiger partial charge is 0.368 e. The zero-order valence-electron chi connectivity index (χ0n) is 9.99. The Morgan fingerprint density at radius 3 is 2.59 bits per heavy atom. The van der Waals surface area contributed by atoms with Gasteiger partial charge in [-0.15, -0.1) is 0 Å². The molecule has 1 atom stereocenters. The second-order valence-corrected chi connectivity index (χ2v) is 5.65. The summed E-state index contributed by atoms with van der Waals surface area (Å²) in [5.74, 6) is 0. The van der Waals surface area contributed by atoms with Gasteiger partial charge in [0.15, 0.2) is 0 Å². The van der Waals surface area contributed by atoms with Crippen molar-refractivity contribution >= 4 is 32.4 Å². The van der Waals surface area contributed by atoms with Crippen LogP contribution in [0, 0.1) is 0 Å². The fraction of sp³-hybridized carbons (Fsp3) is 0.333. The van der Waals surface area contributed by atoms with Crippen molar-refractivity contribution in [3.63, 3.8) is 0 Å². The Hall–Kier alpha value is -1.02. The lowest BCUT2D eigenvalue weighted by atomic mass is 10.1. The SMILES string of the molecule is CC1CCCN1c1ccc(Br)c2ccccc12. The maximum atomic E-state index is 3.64. The van der Waals surface area contributed by atoms with E-state index in [1.54, 1.807) is 0 Å². The predicted octanol–water partition coefficient (Wildman–Crippen LogP) is 4.59. The summed E-state index contributed by atoms with van der Waals surface area (Å²) in [6.07, 6.45) is 2.62. The zero-order chi connectivity index (χ0) is 11.8. The third kappa shape index (κ3) is 1.85. The van der Waals surface area contributed by atoms with Gasteiger partial charge in [0.05, 0.1) is 0 Å². The third-order valence-corrected chi connectivity index (χ3v) is 4.40. The fourth-order valence-corrected chi connectivity index (χ4v) is 3.27. The Balaban J connectivity index is 2.20. The summed E-state index contributed by atoms with van der Waals surface area (Å²) in [7, 11) is 0. The molecule has 2 heteroatoms. The summed E-state index contributed by atoms with van der Waals surface area (Å²) in [5.41, 5.74) is 1.38. The van der Waals surface area contributed by atoms with Gasteiger partial charge >= 0.3 is 0 Å². The van der Waals surface area contributed by atoms with Gasteiger partial charge in [0, 0.05) is 28.1 Å². The minimum atomic E-state index is 0.666. The average molecular weight is 290 g/mol. The monoisotopic (exact) mass is 289 g/mol. The molecule has 1 aliphatic heterocycles. The van der Waals surface area contributed by atoms with Crippen LogP contribution >= 0.6 is 15.9 Å². The summed E-state index contributed by atoms with van der Waals surface area (Å²) < 4.78 is 1.18. The van der Waals surface area contributed by atoms with E-state index in [-0.39, 0.29) is 0 Å². The number of hydrogen-bond donors (Lipinski definition) is 0. The van der Waals surface area contributed by atoms with E-state index in [4.69, 9.17) is 0 Å². The van der Waals surface area contributed by atoms with Crippen LogP contribution in [-0.4, -0.2) is 12.6 Å². The molecule has 88 valence electrons. The Bertz CT molecular complexity index is 550. The summed E-state index contributed by atoms with van der Waals surface area (Å²) in [5, 5.41) is 2.67. The minimum absolute atomic E-state index is 0.666. The highest BCUT2D eigenvalue weighted by molar-refractivity contribution is 9.10. The molecule has 0 bridgehead atoms. The molecule has 0 amide bonds. The molecule has 0 aliphatic carbocycles. The number of nitrogens with zero attached hydrogens (tertiary/aromatic N) is 1. The molecular formula is C15H16BrN. The second kappa shape index (κ2) is 4.34. The second-order valence-electron chi connectivity index (χ2n) is 4.80. The Morgan fingerprint density at radius 1 is 1.12 bits per heavy atom. The molecule has 1 nitrogen and oxygen atoms in total. The highest BCUT2D eigenvalue weighted by atomic mass is 79.9. The molecule has 3 rings (SSSR count). The van der Waals surface area contributed by atoms with Gasteiger partial charge in [-0.3, -0.25) is 0 Å². The first-order chi connectivity index (χ1) is 8.27. The Kier molecular flexibility index (Phi) is 2.83. The van der Waals surface area contributed by atoms with Crippen LogP contribution in [0.2, 0.25) is 0 Å². The van der Waals surface area contributed by atoms with Gasteiger partial charge < -0.3 is 4.90 Å². The van der Waals surface area contributed by atoms with Crippen molar-refractivity contribution in [1.29, 1.82) is 0 Å². The van der Waals surface area contributed by atoms with Crippen molar-refractivity contribution in [2.24, 2.45) is 0 Å². The quantitative estimate of drug-likeness (QED) is 0.742. The van der Waals surface area contributed by atoms with Gasteiger partial charge in [0.25, 0.3) is 0 Å². The normalized spacial score (nSPS) is 20.1. The number of halogens is 1. The van der Waals surface area contributed by atoms with E-state index in [0.717, 1.165) is 0 Å². The van der Waals surface area contributed by atoms with Crippen LogP contribution in [0.25, 0.3) is 10.8 Å². The number of anilines is 1. The van der Waals surface area contributed by atoms with E-state index in [0.29, 0.717) is 6.04 Å². The minimum Gasteiger partial charge on any atom is -0.368 e. The van der Waals surface area contributed by atoms with Crippen LogP contribution in [-0.2, 0) is 0 Å². The first-order valence-electron chi connectivity index (χ1n) is 6.21. The van der Waals surface area contributed by atoms with Gasteiger partial charge in [-0.2, -0.15) is 0 Å². The van der Waals surface area contributed by atoms with E-state index in [1.807, 2.05) is 0 Å². The van der Waals surface area contributed by atoms with Crippen molar-refractivity contribution < 1.29 is 0 Å². The summed E-state index contributed by atoms with van der Waals surface area (Å²) in [6, 6.07) is 13.7. The molecule has 1 heterocycles. The highest BCUT2D eigenvalue weighted by Gasteiger charge is 2.22. The lowest BCUT2D eigenvalue weighted by Crippen LogP contribution is -2.26. The lowest BCUT2D eigenvalue weighted by molar-refractivity contribution is 0.737. The molecule has 0 spiro atoms. The summed E-state index contributed by atoms with van der Waals surface area (Å²) in [6.45, 7) is 3.51. The number of hydrogen-bond acceptors (Lipinski definition) is 1. The van der Waals surface area contributed by atoms with Crippen LogP contribution in [0.1, 0.15) is 19.8 Å². The molecule has 1 saturated heterocycles. The van der Waals surface area contributed by atoms with Gasteiger partial charge in [-0.1, -0.05) is 40.2 Å². The molecule has 1 fully saturated rings. The fourth-order valence-electron chi connectivity index (χ4n) is 2.79. The van der Waals surface area contributed by atoms with Crippen molar-refractivity contribution in [3.05, 3.63) is 40.9 Å². The molecule has 0 radical (unpaired) electrons. The number of fused-ring (bicyclic) bond motifs is 1. The zero-order valence-corrected chi connectivity index (χ0v) is 11.6. The molecule has 1 unspecified atom stereocenters. The molecule has 17 heavy (non-hydrogen) atoms. The van der Waals surface area contributed by atoms with E-state index in [9.17, 15) is 0 Å². The molecule has 2 aromatic rings. The Morgan fingerprint density at radius 2 is 1.88 bits per heavy atom. The standard InChI is InChI=1S/C15H16BrN/c1-11-5-4-10-17(11)15-9-8-14(16)12-6-2-3-7-13(12)15/h2-3,6-9,11H,4-5,10H2,1H3. The van der Waals surface area contributed by atoms with Crippen LogP contribution in [0.3, 0.4) is 0 Å². The van der Waals surface area contributed by atoms with Gasteiger partial charge in [0.2, 0.25) is 0 Å². The smallest absolute Gasteiger partial charge is 0.0449 e. The topological polar surface area (TPSA) is 3.24 Å². The van der Waals surface area contributed by atoms with Gasteiger partial charge in [-0.05, 0) is 37.3 Å². The van der Waals surface area contributed by atoms with Crippen molar-refractivity contribution in [1.82, 2.24) is 0 Å². The van der Waals surface area contributed by atoms with Crippen LogP contribution in [0.4, 0.5) is 5.69 Å². The Labute approximate surface area is 111 Å². The molecular weight excluding hydrogens is 274 g/mol. The summed E-state index contributed by atoms with van der Waals surface area (Å²) >= 11 is 3.64. The average Bonchev–Trinajstić information content (AvgIpc) is 2.77. The van der Waals surface area contributed by atoms with Gasteiger partial charge in [0.1, 0.15) is 0 Å². The van der Waals surface area contributed by atoms with Crippen LogP contribution in [0.5, 0.6) is 0 Å².